The Morgan fingerprint density at radius 2 is 2.31 bits per heavy atom. The number of carbonyl (C=O) groups is 1. The van der Waals surface area contributed by atoms with E-state index >= 15 is 0 Å². The number of hydrogen-bond donors (Lipinski definition) is 1. The van der Waals surface area contributed by atoms with Crippen LogP contribution in [-0.2, 0) is 0 Å². The van der Waals surface area contributed by atoms with Crippen molar-refractivity contribution in [2.24, 2.45) is 0 Å². The third kappa shape index (κ3) is 1.10. The Kier molecular flexibility index (Phi) is 1.63. The van der Waals surface area contributed by atoms with Gasteiger partial charge in [0.1, 0.15) is 18.1 Å². The molecule has 0 aliphatic rings. The van der Waals surface area contributed by atoms with Crippen molar-refractivity contribution in [3.8, 4) is 11.5 Å². The normalized spacial score (nSPS) is 10.2. The molecule has 0 aliphatic carbocycles. The van der Waals surface area contributed by atoms with E-state index in [9.17, 15) is 4.79 Å². The van der Waals surface area contributed by atoms with Crippen LogP contribution >= 0.6 is 0 Å². The summed E-state index contributed by atoms with van der Waals surface area (Å²) in [5.41, 5.74) is 6.22. The Morgan fingerprint density at radius 3 is 2.92 bits per heavy atom. The van der Waals surface area contributed by atoms with Crippen molar-refractivity contribution in [1.82, 2.24) is 4.98 Å². The Hall–Kier alpha value is -2.04. The van der Waals surface area contributed by atoms with E-state index in [2.05, 4.69) is 4.98 Å². The van der Waals surface area contributed by atoms with Crippen LogP contribution < -0.4 is 5.73 Å². The standard InChI is InChI=1S/C8H6N2O3/c9-7-6(5(3-11)4-13-7)8-10-1-2-12-8/h1-4H,9H2. The summed E-state index contributed by atoms with van der Waals surface area (Å²) in [6.45, 7) is 0. The Bertz CT molecular complexity index is 417. The molecule has 66 valence electrons. The second-order valence-electron chi connectivity index (χ2n) is 2.39. The zero-order valence-electron chi connectivity index (χ0n) is 6.56. The summed E-state index contributed by atoms with van der Waals surface area (Å²) in [7, 11) is 0. The number of nitrogens with zero attached hydrogens (tertiary/aromatic N) is 1. The molecule has 2 rings (SSSR count). The van der Waals surface area contributed by atoms with Crippen LogP contribution in [-0.4, -0.2) is 11.3 Å². The maximum Gasteiger partial charge on any atom is 0.232 e. The van der Waals surface area contributed by atoms with Crippen molar-refractivity contribution in [2.45, 2.75) is 0 Å². The minimum atomic E-state index is 0.129. The molecule has 2 N–H and O–H groups in total. The summed E-state index contributed by atoms with van der Waals surface area (Å²) in [5, 5.41) is 0. The molecule has 2 heterocycles. The number of aldehydes is 1. The van der Waals surface area contributed by atoms with Crippen LogP contribution in [0, 0.1) is 0 Å². The highest BCUT2D eigenvalue weighted by atomic mass is 16.4. The van der Waals surface area contributed by atoms with Gasteiger partial charge in [0.25, 0.3) is 0 Å². The van der Waals surface area contributed by atoms with E-state index in [1.165, 1.54) is 18.7 Å². The molecule has 5 nitrogen and oxygen atoms in total. The number of hydrogen-bond acceptors (Lipinski definition) is 5. The number of oxazole rings is 1. The van der Waals surface area contributed by atoms with Crippen molar-refractivity contribution in [1.29, 1.82) is 0 Å². The molecule has 5 heteroatoms. The lowest BCUT2D eigenvalue weighted by molar-refractivity contribution is 0.112. The van der Waals surface area contributed by atoms with Gasteiger partial charge in [0.2, 0.25) is 11.8 Å². The van der Waals surface area contributed by atoms with Gasteiger partial charge in [-0.2, -0.15) is 0 Å². The number of carbonyl (C=O) groups excluding carboxylic acids is 1. The van der Waals surface area contributed by atoms with Gasteiger partial charge < -0.3 is 14.6 Å². The molecular weight excluding hydrogens is 172 g/mol. The fourth-order valence-corrected chi connectivity index (χ4v) is 1.05. The molecule has 0 saturated carbocycles. The quantitative estimate of drug-likeness (QED) is 0.701. The largest absolute Gasteiger partial charge is 0.448 e. The molecular formula is C8H6N2O3. The highest BCUT2D eigenvalue weighted by Crippen LogP contribution is 2.28. The lowest BCUT2D eigenvalue weighted by Crippen LogP contribution is -1.88. The predicted octanol–water partition coefficient (Wildman–Crippen LogP) is 1.33. The number of nitrogens with two attached hydrogens (primary N) is 1. The van der Waals surface area contributed by atoms with E-state index in [-0.39, 0.29) is 11.8 Å². The van der Waals surface area contributed by atoms with E-state index in [0.29, 0.717) is 17.4 Å². The maximum atomic E-state index is 10.6. The van der Waals surface area contributed by atoms with Crippen LogP contribution in [0.25, 0.3) is 11.5 Å². The molecule has 2 aromatic heterocycles. The van der Waals surface area contributed by atoms with Gasteiger partial charge in [0.05, 0.1) is 11.8 Å². The van der Waals surface area contributed by atoms with E-state index in [1.54, 1.807) is 0 Å². The van der Waals surface area contributed by atoms with Gasteiger partial charge in [-0.3, -0.25) is 4.79 Å². The highest BCUT2D eigenvalue weighted by molar-refractivity contribution is 5.89. The number of nitrogen functional groups attached to an aromatic ring is 1. The van der Waals surface area contributed by atoms with Gasteiger partial charge in [0, 0.05) is 0 Å². The number of aromatic nitrogens is 1. The summed E-state index contributed by atoms with van der Waals surface area (Å²) >= 11 is 0. The molecule has 0 unspecified atom stereocenters. The first-order chi connectivity index (χ1) is 6.33. The van der Waals surface area contributed by atoms with Crippen LogP contribution in [0.3, 0.4) is 0 Å². The topological polar surface area (TPSA) is 82.3 Å². The van der Waals surface area contributed by atoms with Gasteiger partial charge in [-0.25, -0.2) is 4.98 Å². The van der Waals surface area contributed by atoms with E-state index in [4.69, 9.17) is 14.6 Å². The van der Waals surface area contributed by atoms with Crippen molar-refractivity contribution in [3.05, 3.63) is 24.3 Å². The number of rotatable bonds is 2. The molecule has 0 amide bonds. The fourth-order valence-electron chi connectivity index (χ4n) is 1.05. The van der Waals surface area contributed by atoms with Crippen molar-refractivity contribution < 1.29 is 13.6 Å². The molecule has 2 aromatic rings. The zero-order valence-corrected chi connectivity index (χ0v) is 6.56. The molecule has 0 atom stereocenters. The minimum absolute atomic E-state index is 0.129. The zero-order chi connectivity index (χ0) is 9.26. The molecule has 0 bridgehead atoms. The first kappa shape index (κ1) is 7.60. The smallest absolute Gasteiger partial charge is 0.232 e. The van der Waals surface area contributed by atoms with Crippen LogP contribution in [0.1, 0.15) is 10.4 Å². The van der Waals surface area contributed by atoms with Crippen LogP contribution in [0.5, 0.6) is 0 Å². The lowest BCUT2D eigenvalue weighted by Gasteiger charge is -1.91. The molecule has 0 fully saturated rings. The summed E-state index contributed by atoms with van der Waals surface area (Å²) in [4.78, 5) is 14.4. The Balaban J connectivity index is 2.62. The van der Waals surface area contributed by atoms with Crippen molar-refractivity contribution in [3.63, 3.8) is 0 Å². The van der Waals surface area contributed by atoms with Gasteiger partial charge in [-0.05, 0) is 0 Å². The molecule has 0 radical (unpaired) electrons. The average molecular weight is 178 g/mol. The highest BCUT2D eigenvalue weighted by Gasteiger charge is 2.16. The predicted molar refractivity (Wildman–Crippen MR) is 44.0 cm³/mol. The van der Waals surface area contributed by atoms with E-state index in [0.717, 1.165) is 0 Å². The van der Waals surface area contributed by atoms with Gasteiger partial charge in [0.15, 0.2) is 6.29 Å². The Labute approximate surface area is 73.2 Å². The van der Waals surface area contributed by atoms with Crippen LogP contribution in [0.4, 0.5) is 5.88 Å². The fraction of sp³-hybridized carbons (Fsp3) is 0. The maximum absolute atomic E-state index is 10.6. The summed E-state index contributed by atoms with van der Waals surface area (Å²) in [6.07, 6.45) is 4.77. The second kappa shape index (κ2) is 2.78. The summed E-state index contributed by atoms with van der Waals surface area (Å²) in [5.74, 6) is 0.415. The van der Waals surface area contributed by atoms with E-state index in [1.807, 2.05) is 0 Å². The van der Waals surface area contributed by atoms with Crippen LogP contribution in [0.15, 0.2) is 27.6 Å². The third-order valence-corrected chi connectivity index (χ3v) is 1.62. The number of furan rings is 1. The first-order valence-electron chi connectivity index (χ1n) is 3.55. The van der Waals surface area contributed by atoms with Crippen LogP contribution in [0.2, 0.25) is 0 Å². The molecule has 13 heavy (non-hydrogen) atoms. The summed E-state index contributed by atoms with van der Waals surface area (Å²) in [6, 6.07) is 0. The molecule has 0 aromatic carbocycles. The van der Waals surface area contributed by atoms with Gasteiger partial charge in [-0.15, -0.1) is 0 Å². The minimum Gasteiger partial charge on any atom is -0.448 e. The van der Waals surface area contributed by atoms with E-state index < -0.39 is 0 Å². The molecule has 0 aliphatic heterocycles. The SMILES string of the molecule is Nc1occ(C=O)c1-c1ncco1. The molecule has 0 spiro atoms. The molecule has 0 saturated heterocycles. The first-order valence-corrected chi connectivity index (χ1v) is 3.55. The van der Waals surface area contributed by atoms with Crippen molar-refractivity contribution >= 4 is 12.2 Å². The lowest BCUT2D eigenvalue weighted by atomic mass is 10.2. The Morgan fingerprint density at radius 1 is 1.46 bits per heavy atom. The average Bonchev–Trinajstić information content (AvgIpc) is 2.72. The monoisotopic (exact) mass is 178 g/mol. The number of anilines is 1. The van der Waals surface area contributed by atoms with Gasteiger partial charge in [-0.1, -0.05) is 0 Å². The third-order valence-electron chi connectivity index (χ3n) is 1.62. The van der Waals surface area contributed by atoms with Crippen molar-refractivity contribution in [2.75, 3.05) is 5.73 Å². The summed E-state index contributed by atoms with van der Waals surface area (Å²) < 4.78 is 9.85. The second-order valence-corrected chi connectivity index (χ2v) is 2.39. The van der Waals surface area contributed by atoms with Gasteiger partial charge >= 0.3 is 0 Å².